The van der Waals surface area contributed by atoms with Crippen molar-refractivity contribution >= 4 is 70.0 Å². The summed E-state index contributed by atoms with van der Waals surface area (Å²) in [7, 11) is 1.26. The van der Waals surface area contributed by atoms with Gasteiger partial charge in [0, 0.05) is 16.4 Å². The van der Waals surface area contributed by atoms with Crippen LogP contribution in [0.5, 0.6) is 5.75 Å². The molecule has 0 aromatic heterocycles. The highest BCUT2D eigenvalue weighted by Crippen LogP contribution is 2.35. The maximum Gasteiger partial charge on any atom is 0.337 e. The van der Waals surface area contributed by atoms with Crippen LogP contribution in [0.2, 0.25) is 15.1 Å². The van der Waals surface area contributed by atoms with Crippen LogP contribution in [0.3, 0.4) is 0 Å². The molecule has 0 aliphatic rings. The van der Waals surface area contributed by atoms with Crippen molar-refractivity contribution in [3.63, 3.8) is 0 Å². The molecule has 11 heteroatoms. The number of nitriles is 1. The number of methoxy groups -OCH3 is 1. The van der Waals surface area contributed by atoms with Crippen LogP contribution in [0.4, 0.5) is 11.4 Å². The number of ether oxygens (including phenoxy) is 2. The molecule has 0 unspecified atom stereocenters. The van der Waals surface area contributed by atoms with Crippen LogP contribution in [0.15, 0.2) is 66.2 Å². The van der Waals surface area contributed by atoms with Crippen molar-refractivity contribution in [2.75, 3.05) is 24.4 Å². The zero-order valence-electron chi connectivity index (χ0n) is 19.2. The van der Waals surface area contributed by atoms with E-state index >= 15 is 0 Å². The van der Waals surface area contributed by atoms with Crippen molar-refractivity contribution in [1.29, 1.82) is 5.26 Å². The Morgan fingerprint density at radius 1 is 0.919 bits per heavy atom. The van der Waals surface area contributed by atoms with Gasteiger partial charge in [-0.3, -0.25) is 9.59 Å². The summed E-state index contributed by atoms with van der Waals surface area (Å²) >= 11 is 18.4. The molecule has 3 rings (SSSR count). The van der Waals surface area contributed by atoms with Gasteiger partial charge in [-0.25, -0.2) is 4.79 Å². The number of halogens is 3. The molecule has 3 aromatic carbocycles. The fraction of sp³-hybridized carbons (Fsp3) is 0.0769. The molecule has 2 N–H and O–H groups in total. The number of nitrogens with one attached hydrogen (secondary N) is 2. The van der Waals surface area contributed by atoms with E-state index in [1.54, 1.807) is 24.3 Å². The van der Waals surface area contributed by atoms with E-state index in [4.69, 9.17) is 39.5 Å². The van der Waals surface area contributed by atoms with Crippen molar-refractivity contribution < 1.29 is 23.9 Å². The second-order valence-corrected chi connectivity index (χ2v) is 8.60. The summed E-state index contributed by atoms with van der Waals surface area (Å²) in [6, 6.07) is 17.2. The summed E-state index contributed by atoms with van der Waals surface area (Å²) in [4.78, 5) is 36.3. The van der Waals surface area contributed by atoms with Crippen LogP contribution in [0, 0.1) is 11.3 Å². The van der Waals surface area contributed by atoms with Gasteiger partial charge in [-0.15, -0.1) is 0 Å². The van der Waals surface area contributed by atoms with Crippen LogP contribution in [-0.2, 0) is 14.3 Å². The van der Waals surface area contributed by atoms with E-state index in [-0.39, 0.29) is 28.0 Å². The van der Waals surface area contributed by atoms with Gasteiger partial charge in [-0.2, -0.15) is 5.26 Å². The topological polar surface area (TPSA) is 118 Å². The predicted octanol–water partition coefficient (Wildman–Crippen LogP) is 6.00. The van der Waals surface area contributed by atoms with E-state index in [1.807, 2.05) is 6.07 Å². The molecule has 188 valence electrons. The molecule has 0 aliphatic heterocycles. The van der Waals surface area contributed by atoms with Gasteiger partial charge in [0.15, 0.2) is 12.4 Å². The first-order chi connectivity index (χ1) is 17.7. The molecule has 37 heavy (non-hydrogen) atoms. The first-order valence-corrected chi connectivity index (χ1v) is 11.6. The standard InChI is InChI=1S/C26H18Cl3N3O5/c1-36-26(35)16-2-6-20(7-3-16)32-25(34)17(13-30)10-15-11-21(28)24(22(29)12-15)37-14-23(33)31-19-8-4-18(27)5-9-19/h2-12H,14H2,1H3,(H,31,33)(H,32,34)/b17-10+. The molecule has 2 amide bonds. The van der Waals surface area contributed by atoms with E-state index in [9.17, 15) is 19.6 Å². The van der Waals surface area contributed by atoms with Crippen molar-refractivity contribution in [1.82, 2.24) is 0 Å². The summed E-state index contributed by atoms with van der Waals surface area (Å²) in [5.41, 5.74) is 1.36. The average molecular weight is 559 g/mol. The Bertz CT molecular complexity index is 1380. The molecule has 0 bridgehead atoms. The molecule has 0 aliphatic carbocycles. The summed E-state index contributed by atoms with van der Waals surface area (Å²) in [5.74, 6) is -1.57. The lowest BCUT2D eigenvalue weighted by atomic mass is 10.1. The fourth-order valence-corrected chi connectivity index (χ4v) is 3.73. The number of nitrogens with zero attached hydrogens (tertiary/aromatic N) is 1. The van der Waals surface area contributed by atoms with Gasteiger partial charge in [-0.05, 0) is 72.3 Å². The summed E-state index contributed by atoms with van der Waals surface area (Å²) in [6.07, 6.45) is 1.30. The quantitative estimate of drug-likeness (QED) is 0.199. The number of benzene rings is 3. The minimum Gasteiger partial charge on any atom is -0.481 e. The molecule has 8 nitrogen and oxygen atoms in total. The number of carbonyl (C=O) groups is 3. The van der Waals surface area contributed by atoms with Crippen LogP contribution >= 0.6 is 34.8 Å². The van der Waals surface area contributed by atoms with E-state index in [2.05, 4.69) is 15.4 Å². The number of rotatable bonds is 8. The number of hydrogen-bond acceptors (Lipinski definition) is 6. The maximum absolute atomic E-state index is 12.6. The Kier molecular flexibility index (Phi) is 9.52. The lowest BCUT2D eigenvalue weighted by Gasteiger charge is -2.11. The number of carbonyl (C=O) groups excluding carboxylic acids is 3. The molecule has 0 saturated carbocycles. The van der Waals surface area contributed by atoms with Gasteiger partial charge >= 0.3 is 5.97 Å². The smallest absolute Gasteiger partial charge is 0.337 e. The minimum atomic E-state index is -0.681. The Morgan fingerprint density at radius 3 is 2.05 bits per heavy atom. The Hall–Kier alpha value is -4.03. The normalized spacial score (nSPS) is 10.7. The zero-order valence-corrected chi connectivity index (χ0v) is 21.4. The molecule has 0 fully saturated rings. The highest BCUT2D eigenvalue weighted by molar-refractivity contribution is 6.37. The van der Waals surface area contributed by atoms with Crippen LogP contribution < -0.4 is 15.4 Å². The Labute approximate surface area is 227 Å². The maximum atomic E-state index is 12.6. The minimum absolute atomic E-state index is 0.0698. The van der Waals surface area contributed by atoms with E-state index in [1.165, 1.54) is 49.6 Å². The highest BCUT2D eigenvalue weighted by Gasteiger charge is 2.15. The average Bonchev–Trinajstić information content (AvgIpc) is 2.88. The molecular weight excluding hydrogens is 541 g/mol. The third-order valence-corrected chi connectivity index (χ3v) is 5.55. The lowest BCUT2D eigenvalue weighted by molar-refractivity contribution is -0.118. The number of amides is 2. The van der Waals surface area contributed by atoms with Crippen molar-refractivity contribution in [2.45, 2.75) is 0 Å². The third kappa shape index (κ3) is 7.72. The fourth-order valence-electron chi connectivity index (χ4n) is 2.99. The Morgan fingerprint density at radius 2 is 1.49 bits per heavy atom. The molecule has 3 aromatic rings. The number of esters is 1. The lowest BCUT2D eigenvalue weighted by Crippen LogP contribution is -2.20. The molecule has 0 spiro atoms. The highest BCUT2D eigenvalue weighted by atomic mass is 35.5. The third-order valence-electron chi connectivity index (χ3n) is 4.74. The molecule has 0 heterocycles. The van der Waals surface area contributed by atoms with E-state index < -0.39 is 17.8 Å². The molecule has 0 atom stereocenters. The van der Waals surface area contributed by atoms with Crippen molar-refractivity contribution in [3.05, 3.63) is 92.4 Å². The first-order valence-electron chi connectivity index (χ1n) is 10.5. The van der Waals surface area contributed by atoms with Gasteiger partial charge in [0.1, 0.15) is 11.6 Å². The molecular formula is C26H18Cl3N3O5. The van der Waals surface area contributed by atoms with Crippen LogP contribution in [0.25, 0.3) is 6.08 Å². The van der Waals surface area contributed by atoms with Crippen molar-refractivity contribution in [3.8, 4) is 11.8 Å². The van der Waals surface area contributed by atoms with Crippen molar-refractivity contribution in [2.24, 2.45) is 0 Å². The van der Waals surface area contributed by atoms with Gasteiger partial charge in [0.05, 0.1) is 22.7 Å². The van der Waals surface area contributed by atoms with Gasteiger partial charge in [0.2, 0.25) is 0 Å². The largest absolute Gasteiger partial charge is 0.481 e. The second-order valence-electron chi connectivity index (χ2n) is 7.35. The van der Waals surface area contributed by atoms with Gasteiger partial charge in [-0.1, -0.05) is 34.8 Å². The summed E-state index contributed by atoms with van der Waals surface area (Å²) in [6.45, 7) is -0.363. The molecule has 0 saturated heterocycles. The predicted molar refractivity (Wildman–Crippen MR) is 142 cm³/mol. The zero-order chi connectivity index (χ0) is 26.9. The first kappa shape index (κ1) is 27.6. The van der Waals surface area contributed by atoms with Gasteiger partial charge < -0.3 is 20.1 Å². The monoisotopic (exact) mass is 557 g/mol. The molecule has 0 radical (unpaired) electrons. The number of hydrogen-bond donors (Lipinski definition) is 2. The van der Waals surface area contributed by atoms with Gasteiger partial charge in [0.25, 0.3) is 11.8 Å². The number of anilines is 2. The Balaban J connectivity index is 1.67. The van der Waals surface area contributed by atoms with Crippen LogP contribution in [-0.4, -0.2) is 31.5 Å². The van der Waals surface area contributed by atoms with E-state index in [0.717, 1.165) is 0 Å². The summed E-state index contributed by atoms with van der Waals surface area (Å²) in [5, 5.41) is 15.4. The van der Waals surface area contributed by atoms with Crippen LogP contribution in [0.1, 0.15) is 15.9 Å². The summed E-state index contributed by atoms with van der Waals surface area (Å²) < 4.78 is 10.1. The SMILES string of the molecule is COC(=O)c1ccc(NC(=O)/C(C#N)=C/c2cc(Cl)c(OCC(=O)Nc3ccc(Cl)cc3)c(Cl)c2)cc1. The second kappa shape index (κ2) is 12.8. The van der Waals surface area contributed by atoms with E-state index in [0.29, 0.717) is 27.5 Å².